The Balaban J connectivity index is 1.69. The Morgan fingerprint density at radius 2 is 1.64 bits per heavy atom. The molecule has 150 valence electrons. The molecule has 3 rings (SSSR count). The van der Waals surface area contributed by atoms with E-state index in [0.717, 1.165) is 5.56 Å². The minimum atomic E-state index is -3.60. The molecule has 0 aromatic heterocycles. The van der Waals surface area contributed by atoms with Crippen LogP contribution in [-0.4, -0.2) is 49.7 Å². The van der Waals surface area contributed by atoms with Crippen molar-refractivity contribution in [1.82, 2.24) is 9.21 Å². The fourth-order valence-corrected chi connectivity index (χ4v) is 5.05. The SMILES string of the molecule is CC(C)c1ccc(S(=O)(=O)N2CCN(C(=O)c3cc(F)cc(Br)c3)CC2)cc1. The molecule has 0 spiro atoms. The van der Waals surface area contributed by atoms with Gasteiger partial charge in [-0.15, -0.1) is 0 Å². The first-order chi connectivity index (χ1) is 13.2. The van der Waals surface area contributed by atoms with Gasteiger partial charge in [0.2, 0.25) is 10.0 Å². The molecule has 0 N–H and O–H groups in total. The summed E-state index contributed by atoms with van der Waals surface area (Å²) in [7, 11) is -3.60. The number of benzene rings is 2. The maximum atomic E-state index is 13.6. The Morgan fingerprint density at radius 1 is 1.04 bits per heavy atom. The number of amides is 1. The highest BCUT2D eigenvalue weighted by Gasteiger charge is 2.30. The number of hydrogen-bond donors (Lipinski definition) is 0. The summed E-state index contributed by atoms with van der Waals surface area (Å²) in [6.45, 7) is 5.04. The Morgan fingerprint density at radius 3 is 2.18 bits per heavy atom. The Kier molecular flexibility index (Phi) is 6.21. The minimum absolute atomic E-state index is 0.205. The fourth-order valence-electron chi connectivity index (χ4n) is 3.17. The van der Waals surface area contributed by atoms with Crippen LogP contribution in [0.1, 0.15) is 35.7 Å². The molecule has 1 aliphatic rings. The fraction of sp³-hybridized carbons (Fsp3) is 0.350. The van der Waals surface area contributed by atoms with Gasteiger partial charge in [0.25, 0.3) is 5.91 Å². The summed E-state index contributed by atoms with van der Waals surface area (Å²) in [6.07, 6.45) is 0. The first-order valence-electron chi connectivity index (χ1n) is 9.04. The average molecular weight is 469 g/mol. The highest BCUT2D eigenvalue weighted by molar-refractivity contribution is 9.10. The molecule has 1 aliphatic heterocycles. The van der Waals surface area contributed by atoms with Crippen LogP contribution in [-0.2, 0) is 10.0 Å². The van der Waals surface area contributed by atoms with Crippen molar-refractivity contribution in [1.29, 1.82) is 0 Å². The van der Waals surface area contributed by atoms with E-state index in [2.05, 4.69) is 29.8 Å². The lowest BCUT2D eigenvalue weighted by molar-refractivity contribution is 0.0697. The van der Waals surface area contributed by atoms with Crippen molar-refractivity contribution in [2.75, 3.05) is 26.2 Å². The second kappa shape index (κ2) is 8.31. The van der Waals surface area contributed by atoms with Gasteiger partial charge in [-0.2, -0.15) is 4.31 Å². The highest BCUT2D eigenvalue weighted by atomic mass is 79.9. The zero-order valence-electron chi connectivity index (χ0n) is 15.7. The zero-order chi connectivity index (χ0) is 20.5. The van der Waals surface area contributed by atoms with Crippen LogP contribution in [0.15, 0.2) is 51.8 Å². The monoisotopic (exact) mass is 468 g/mol. The van der Waals surface area contributed by atoms with E-state index in [-0.39, 0.29) is 42.5 Å². The van der Waals surface area contributed by atoms with Crippen LogP contribution in [0.5, 0.6) is 0 Å². The third-order valence-electron chi connectivity index (χ3n) is 4.82. The molecule has 5 nitrogen and oxygen atoms in total. The molecule has 28 heavy (non-hydrogen) atoms. The summed E-state index contributed by atoms with van der Waals surface area (Å²) in [5.41, 5.74) is 1.32. The van der Waals surface area contributed by atoms with E-state index in [1.807, 2.05) is 12.1 Å². The second-order valence-corrected chi connectivity index (χ2v) is 9.93. The number of rotatable bonds is 4. The van der Waals surface area contributed by atoms with Gasteiger partial charge in [0.1, 0.15) is 5.82 Å². The van der Waals surface area contributed by atoms with Crippen LogP contribution in [0, 0.1) is 5.82 Å². The lowest BCUT2D eigenvalue weighted by Crippen LogP contribution is -2.50. The van der Waals surface area contributed by atoms with E-state index in [9.17, 15) is 17.6 Å². The number of carbonyl (C=O) groups excluding carboxylic acids is 1. The van der Waals surface area contributed by atoms with Gasteiger partial charge in [-0.3, -0.25) is 4.79 Å². The molecule has 1 saturated heterocycles. The van der Waals surface area contributed by atoms with Gasteiger partial charge in [-0.05, 0) is 41.8 Å². The lowest BCUT2D eigenvalue weighted by Gasteiger charge is -2.34. The molecule has 2 aromatic rings. The van der Waals surface area contributed by atoms with Crippen LogP contribution in [0.3, 0.4) is 0 Å². The minimum Gasteiger partial charge on any atom is -0.336 e. The lowest BCUT2D eigenvalue weighted by atomic mass is 10.0. The van der Waals surface area contributed by atoms with Crippen molar-refractivity contribution in [2.45, 2.75) is 24.7 Å². The summed E-state index contributed by atoms with van der Waals surface area (Å²) >= 11 is 3.18. The van der Waals surface area contributed by atoms with E-state index in [4.69, 9.17) is 0 Å². The molecule has 8 heteroatoms. The second-order valence-electron chi connectivity index (χ2n) is 7.08. The molecule has 0 atom stereocenters. The van der Waals surface area contributed by atoms with Gasteiger partial charge >= 0.3 is 0 Å². The van der Waals surface area contributed by atoms with Crippen molar-refractivity contribution in [2.24, 2.45) is 0 Å². The summed E-state index contributed by atoms with van der Waals surface area (Å²) in [5.74, 6) is -0.475. The van der Waals surface area contributed by atoms with Crippen molar-refractivity contribution < 1.29 is 17.6 Å². The van der Waals surface area contributed by atoms with Crippen molar-refractivity contribution in [3.05, 3.63) is 63.9 Å². The summed E-state index contributed by atoms with van der Waals surface area (Å²) in [4.78, 5) is 14.4. The molecular formula is C20H22BrFN2O3S. The third-order valence-corrected chi connectivity index (χ3v) is 7.19. The van der Waals surface area contributed by atoms with Gasteiger partial charge in [-0.1, -0.05) is 41.9 Å². The zero-order valence-corrected chi connectivity index (χ0v) is 18.1. The number of nitrogens with zero attached hydrogens (tertiary/aromatic N) is 2. The molecule has 0 bridgehead atoms. The van der Waals surface area contributed by atoms with Gasteiger partial charge in [0.05, 0.1) is 4.90 Å². The maximum absolute atomic E-state index is 13.6. The van der Waals surface area contributed by atoms with Gasteiger partial charge < -0.3 is 4.90 Å². The Bertz CT molecular complexity index is 949. The first-order valence-corrected chi connectivity index (χ1v) is 11.3. The number of hydrogen-bond acceptors (Lipinski definition) is 3. The average Bonchev–Trinajstić information content (AvgIpc) is 2.67. The number of carbonyl (C=O) groups is 1. The quantitative estimate of drug-likeness (QED) is 0.684. The summed E-state index contributed by atoms with van der Waals surface area (Å²) in [5, 5.41) is 0. The Labute approximate surface area is 173 Å². The van der Waals surface area contributed by atoms with Crippen molar-refractivity contribution >= 4 is 31.9 Å². The van der Waals surface area contributed by atoms with Gasteiger partial charge in [0, 0.05) is 36.2 Å². The smallest absolute Gasteiger partial charge is 0.254 e. The molecule has 0 saturated carbocycles. The molecule has 1 fully saturated rings. The van der Waals surface area contributed by atoms with Crippen LogP contribution < -0.4 is 0 Å². The van der Waals surface area contributed by atoms with Crippen molar-refractivity contribution in [3.8, 4) is 0 Å². The van der Waals surface area contributed by atoms with Gasteiger partial charge in [0.15, 0.2) is 0 Å². The van der Waals surface area contributed by atoms with E-state index in [0.29, 0.717) is 10.4 Å². The predicted molar refractivity (Wildman–Crippen MR) is 109 cm³/mol. The summed E-state index contributed by atoms with van der Waals surface area (Å²) < 4.78 is 41.2. The van der Waals surface area contributed by atoms with E-state index in [1.165, 1.54) is 16.4 Å². The summed E-state index contributed by atoms with van der Waals surface area (Å²) in [6, 6.07) is 11.0. The van der Waals surface area contributed by atoms with E-state index < -0.39 is 15.8 Å². The predicted octanol–water partition coefficient (Wildman–Crippen LogP) is 3.86. The standard InChI is InChI=1S/C20H22BrFN2O3S/c1-14(2)15-3-5-19(6-4-15)28(26,27)24-9-7-23(8-10-24)20(25)16-11-17(21)13-18(22)12-16/h3-6,11-14H,7-10H2,1-2H3. The normalized spacial score (nSPS) is 15.8. The van der Waals surface area contributed by atoms with Crippen LogP contribution in [0.2, 0.25) is 0 Å². The largest absolute Gasteiger partial charge is 0.336 e. The third kappa shape index (κ3) is 4.45. The Hall–Kier alpha value is -1.77. The number of sulfonamides is 1. The maximum Gasteiger partial charge on any atom is 0.254 e. The first kappa shape index (κ1) is 21.0. The van der Waals surface area contributed by atoms with Crippen molar-refractivity contribution in [3.63, 3.8) is 0 Å². The van der Waals surface area contributed by atoms with Crippen LogP contribution in [0.25, 0.3) is 0 Å². The number of halogens is 2. The van der Waals surface area contributed by atoms with Gasteiger partial charge in [-0.25, -0.2) is 12.8 Å². The molecule has 0 unspecified atom stereocenters. The van der Waals surface area contributed by atoms with E-state index in [1.54, 1.807) is 23.1 Å². The molecule has 1 heterocycles. The van der Waals surface area contributed by atoms with E-state index >= 15 is 0 Å². The van der Waals surface area contributed by atoms with Crippen LogP contribution in [0.4, 0.5) is 4.39 Å². The molecular weight excluding hydrogens is 447 g/mol. The molecule has 1 amide bonds. The van der Waals surface area contributed by atoms with Crippen LogP contribution >= 0.6 is 15.9 Å². The molecule has 0 aliphatic carbocycles. The highest BCUT2D eigenvalue weighted by Crippen LogP contribution is 2.22. The molecule has 0 radical (unpaired) electrons. The topological polar surface area (TPSA) is 57.7 Å². The number of piperazine rings is 1. The molecule has 2 aromatic carbocycles.